The van der Waals surface area contributed by atoms with Gasteiger partial charge in [-0.3, -0.25) is 9.52 Å². The number of fused-ring (bicyclic) bond motifs is 1. The molecule has 1 aliphatic rings. The zero-order valence-electron chi connectivity index (χ0n) is 14.8. The normalized spacial score (nSPS) is 15.1. The monoisotopic (exact) mass is 380 g/mol. The van der Waals surface area contributed by atoms with Gasteiger partial charge in [0.25, 0.3) is 10.0 Å². The topological polar surface area (TPSA) is 66.5 Å². The summed E-state index contributed by atoms with van der Waals surface area (Å²) >= 11 is 0. The van der Waals surface area contributed by atoms with E-state index >= 15 is 0 Å². The molecular weight excluding hydrogens is 360 g/mol. The van der Waals surface area contributed by atoms with E-state index in [1.165, 1.54) is 0 Å². The molecule has 0 bridgehead atoms. The number of hydrogen-bond acceptors (Lipinski definition) is 3. The first-order chi connectivity index (χ1) is 13.0. The Bertz CT molecular complexity index is 1110. The third-order valence-electron chi connectivity index (χ3n) is 4.76. The third kappa shape index (κ3) is 3.66. The van der Waals surface area contributed by atoms with E-state index < -0.39 is 10.0 Å². The van der Waals surface area contributed by atoms with Gasteiger partial charge in [-0.15, -0.1) is 0 Å². The summed E-state index contributed by atoms with van der Waals surface area (Å²) in [5.41, 5.74) is 1.16. The van der Waals surface area contributed by atoms with Gasteiger partial charge in [-0.1, -0.05) is 36.4 Å². The molecule has 0 aliphatic carbocycles. The van der Waals surface area contributed by atoms with Crippen LogP contribution in [0.4, 0.5) is 11.4 Å². The van der Waals surface area contributed by atoms with Crippen LogP contribution >= 0.6 is 0 Å². The maximum absolute atomic E-state index is 12.8. The van der Waals surface area contributed by atoms with Crippen molar-refractivity contribution in [1.29, 1.82) is 0 Å². The molecule has 27 heavy (non-hydrogen) atoms. The highest BCUT2D eigenvalue weighted by Gasteiger charge is 2.20. The van der Waals surface area contributed by atoms with Gasteiger partial charge in [0.15, 0.2) is 0 Å². The molecule has 1 saturated heterocycles. The van der Waals surface area contributed by atoms with Crippen molar-refractivity contribution >= 4 is 38.1 Å². The summed E-state index contributed by atoms with van der Waals surface area (Å²) in [4.78, 5) is 14.1. The van der Waals surface area contributed by atoms with Crippen molar-refractivity contribution in [2.45, 2.75) is 24.2 Å². The molecule has 3 aromatic carbocycles. The Balaban J connectivity index is 1.62. The molecule has 0 atom stereocenters. The van der Waals surface area contributed by atoms with Gasteiger partial charge in [0.05, 0.1) is 10.6 Å². The first-order valence-electron chi connectivity index (χ1n) is 8.95. The Kier molecular flexibility index (Phi) is 4.58. The van der Waals surface area contributed by atoms with Crippen LogP contribution < -0.4 is 9.62 Å². The largest absolute Gasteiger partial charge is 0.312 e. The molecule has 5 nitrogen and oxygen atoms in total. The number of carbonyl (C=O) groups excluding carboxylic acids is 1. The highest BCUT2D eigenvalue weighted by molar-refractivity contribution is 7.92. The summed E-state index contributed by atoms with van der Waals surface area (Å²) in [5, 5.41) is 1.86. The van der Waals surface area contributed by atoms with Crippen LogP contribution in [0, 0.1) is 0 Å². The number of nitrogens with one attached hydrogen (secondary N) is 1. The number of sulfonamides is 1. The molecular formula is C21H20N2O3S. The average Bonchev–Trinajstić information content (AvgIpc) is 2.68. The highest BCUT2D eigenvalue weighted by Crippen LogP contribution is 2.26. The zero-order valence-corrected chi connectivity index (χ0v) is 15.6. The standard InChI is InChI=1S/C21H20N2O3S/c24-21-10-3-4-13-23(21)19-9-5-8-18(15-19)22-27(25,26)20-12-11-16-6-1-2-7-17(16)14-20/h1-2,5-9,11-12,14-15,22H,3-4,10,13H2. The van der Waals surface area contributed by atoms with Crippen molar-refractivity contribution < 1.29 is 13.2 Å². The van der Waals surface area contributed by atoms with Crippen molar-refractivity contribution in [2.24, 2.45) is 0 Å². The van der Waals surface area contributed by atoms with E-state index in [9.17, 15) is 13.2 Å². The molecule has 3 aromatic rings. The maximum atomic E-state index is 12.8. The molecule has 1 fully saturated rings. The Hall–Kier alpha value is -2.86. The van der Waals surface area contributed by atoms with Gasteiger partial charge in [0.2, 0.25) is 5.91 Å². The zero-order chi connectivity index (χ0) is 18.9. The second kappa shape index (κ2) is 7.04. The minimum absolute atomic E-state index is 0.0794. The number of nitrogens with zero attached hydrogens (tertiary/aromatic N) is 1. The first-order valence-corrected chi connectivity index (χ1v) is 10.4. The number of hydrogen-bond donors (Lipinski definition) is 1. The van der Waals surface area contributed by atoms with E-state index in [0.717, 1.165) is 29.3 Å². The Labute approximate surface area is 158 Å². The number of carbonyl (C=O) groups is 1. The van der Waals surface area contributed by atoms with Gasteiger partial charge >= 0.3 is 0 Å². The van der Waals surface area contributed by atoms with Crippen LogP contribution in [0.1, 0.15) is 19.3 Å². The van der Waals surface area contributed by atoms with Crippen LogP contribution in [0.2, 0.25) is 0 Å². The minimum Gasteiger partial charge on any atom is -0.312 e. The quantitative estimate of drug-likeness (QED) is 0.739. The maximum Gasteiger partial charge on any atom is 0.261 e. The SMILES string of the molecule is O=C1CCCCN1c1cccc(NS(=O)(=O)c2ccc3ccccc3c2)c1. The molecule has 0 spiro atoms. The molecule has 1 aliphatic heterocycles. The van der Waals surface area contributed by atoms with E-state index in [-0.39, 0.29) is 10.8 Å². The smallest absolute Gasteiger partial charge is 0.261 e. The van der Waals surface area contributed by atoms with Crippen molar-refractivity contribution in [1.82, 2.24) is 0 Å². The summed E-state index contributed by atoms with van der Waals surface area (Å²) in [6.07, 6.45) is 2.40. The van der Waals surface area contributed by atoms with E-state index in [2.05, 4.69) is 4.72 Å². The lowest BCUT2D eigenvalue weighted by Gasteiger charge is -2.27. The molecule has 1 N–H and O–H groups in total. The molecule has 0 radical (unpaired) electrons. The van der Waals surface area contributed by atoms with E-state index in [0.29, 0.717) is 18.7 Å². The van der Waals surface area contributed by atoms with Crippen LogP contribution in [0.15, 0.2) is 71.6 Å². The van der Waals surface area contributed by atoms with Gasteiger partial charge in [-0.2, -0.15) is 0 Å². The summed E-state index contributed by atoms with van der Waals surface area (Å²) < 4.78 is 28.2. The second-order valence-electron chi connectivity index (χ2n) is 6.67. The summed E-state index contributed by atoms with van der Waals surface area (Å²) in [7, 11) is -3.72. The minimum atomic E-state index is -3.72. The predicted molar refractivity (Wildman–Crippen MR) is 107 cm³/mol. The number of rotatable bonds is 4. The fourth-order valence-corrected chi connectivity index (χ4v) is 4.45. The van der Waals surface area contributed by atoms with Crippen LogP contribution in [0.25, 0.3) is 10.8 Å². The van der Waals surface area contributed by atoms with Crippen LogP contribution in [0.3, 0.4) is 0 Å². The Morgan fingerprint density at radius 3 is 2.48 bits per heavy atom. The Morgan fingerprint density at radius 2 is 1.67 bits per heavy atom. The van der Waals surface area contributed by atoms with E-state index in [1.54, 1.807) is 41.3 Å². The van der Waals surface area contributed by atoms with Gasteiger partial charge in [0, 0.05) is 18.7 Å². The molecule has 1 amide bonds. The van der Waals surface area contributed by atoms with Gasteiger partial charge in [0.1, 0.15) is 0 Å². The first kappa shape index (κ1) is 17.5. The van der Waals surface area contributed by atoms with Crippen molar-refractivity contribution in [3.63, 3.8) is 0 Å². The molecule has 1 heterocycles. The average molecular weight is 380 g/mol. The lowest BCUT2D eigenvalue weighted by molar-refractivity contribution is -0.119. The summed E-state index contributed by atoms with van der Waals surface area (Å²) in [5.74, 6) is 0.0794. The lowest BCUT2D eigenvalue weighted by atomic mass is 10.1. The number of piperidine rings is 1. The fourth-order valence-electron chi connectivity index (χ4n) is 3.36. The van der Waals surface area contributed by atoms with Crippen molar-refractivity contribution in [2.75, 3.05) is 16.2 Å². The number of benzene rings is 3. The molecule has 138 valence electrons. The number of anilines is 2. The third-order valence-corrected chi connectivity index (χ3v) is 6.14. The molecule has 0 saturated carbocycles. The van der Waals surface area contributed by atoms with Gasteiger partial charge < -0.3 is 4.90 Å². The molecule has 6 heteroatoms. The lowest BCUT2D eigenvalue weighted by Crippen LogP contribution is -2.35. The van der Waals surface area contributed by atoms with E-state index in [1.807, 2.05) is 30.3 Å². The second-order valence-corrected chi connectivity index (χ2v) is 8.35. The number of amides is 1. The fraction of sp³-hybridized carbons (Fsp3) is 0.190. The summed E-state index contributed by atoms with van der Waals surface area (Å²) in [6.45, 7) is 0.666. The van der Waals surface area contributed by atoms with Crippen LogP contribution in [-0.2, 0) is 14.8 Å². The molecule has 4 rings (SSSR count). The predicted octanol–water partition coefficient (Wildman–Crippen LogP) is 4.16. The van der Waals surface area contributed by atoms with Crippen LogP contribution in [0.5, 0.6) is 0 Å². The van der Waals surface area contributed by atoms with Crippen molar-refractivity contribution in [3.8, 4) is 0 Å². The van der Waals surface area contributed by atoms with Gasteiger partial charge in [-0.25, -0.2) is 8.42 Å². The Morgan fingerprint density at radius 1 is 0.852 bits per heavy atom. The summed E-state index contributed by atoms with van der Waals surface area (Å²) in [6, 6.07) is 19.7. The van der Waals surface area contributed by atoms with E-state index in [4.69, 9.17) is 0 Å². The molecule has 0 unspecified atom stereocenters. The van der Waals surface area contributed by atoms with Crippen molar-refractivity contribution in [3.05, 3.63) is 66.7 Å². The van der Waals surface area contributed by atoms with Crippen LogP contribution in [-0.4, -0.2) is 20.9 Å². The highest BCUT2D eigenvalue weighted by atomic mass is 32.2. The van der Waals surface area contributed by atoms with Gasteiger partial charge in [-0.05, 0) is 53.9 Å². The molecule has 0 aromatic heterocycles.